The van der Waals surface area contributed by atoms with Crippen LogP contribution in [0.3, 0.4) is 0 Å². The molecule has 0 saturated carbocycles. The number of benzene rings is 2. The fourth-order valence-corrected chi connectivity index (χ4v) is 12.3. The summed E-state index contributed by atoms with van der Waals surface area (Å²) in [6, 6.07) is 8.59. The Morgan fingerprint density at radius 1 is 0.615 bits per heavy atom. The molecule has 0 unspecified atom stereocenters. The van der Waals surface area contributed by atoms with Gasteiger partial charge in [0.2, 0.25) is 0 Å². The lowest BCUT2D eigenvalue weighted by atomic mass is 10.1. The van der Waals surface area contributed by atoms with Crippen LogP contribution in [-0.4, -0.2) is 13.2 Å². The third-order valence-corrected chi connectivity index (χ3v) is 12.4. The van der Waals surface area contributed by atoms with E-state index in [1.54, 1.807) is 21.6 Å². The highest BCUT2D eigenvalue weighted by atomic mass is 33.5. The summed E-state index contributed by atoms with van der Waals surface area (Å²) in [5.41, 5.74) is 2.81. The molecule has 0 aromatic heterocycles. The topological polar surface area (TPSA) is 18.5 Å². The normalized spacial score (nSPS) is 15.0. The Kier molecular flexibility index (Phi) is 6.80. The highest BCUT2D eigenvalue weighted by molar-refractivity contribution is 9.10. The molecule has 0 bridgehead atoms. The van der Waals surface area contributed by atoms with E-state index in [0.717, 1.165) is 24.3 Å². The van der Waals surface area contributed by atoms with E-state index in [1.165, 1.54) is 30.7 Å². The van der Waals surface area contributed by atoms with Gasteiger partial charge in [0.05, 0.1) is 9.79 Å². The number of rotatable bonds is 7. The third kappa shape index (κ3) is 3.96. The predicted octanol–water partition coefficient (Wildman–Crippen LogP) is 7.79. The van der Waals surface area contributed by atoms with E-state index < -0.39 is 0 Å². The molecule has 2 aliphatic rings. The van der Waals surface area contributed by atoms with Crippen LogP contribution < -0.4 is 9.47 Å². The van der Waals surface area contributed by atoms with Crippen LogP contribution >= 0.6 is 62.8 Å². The summed E-state index contributed by atoms with van der Waals surface area (Å²) in [6.07, 6.45) is 2.12. The van der Waals surface area contributed by atoms with Crippen molar-refractivity contribution in [3.63, 3.8) is 0 Å². The molecule has 0 aliphatic carbocycles. The summed E-state index contributed by atoms with van der Waals surface area (Å²) in [5, 5.41) is 0. The van der Waals surface area contributed by atoms with Gasteiger partial charge < -0.3 is 9.47 Å². The Bertz CT molecular complexity index is 743. The first kappa shape index (κ1) is 19.5. The van der Waals surface area contributed by atoms with Crippen LogP contribution in [0, 0.1) is 0 Å². The maximum Gasteiger partial charge on any atom is 0.135 e. The van der Waals surface area contributed by atoms with Crippen molar-refractivity contribution in [3.05, 3.63) is 35.4 Å². The molecule has 26 heavy (non-hydrogen) atoms. The fourth-order valence-electron chi connectivity index (χ4n) is 2.77. The van der Waals surface area contributed by atoms with Gasteiger partial charge in [-0.1, -0.05) is 26.0 Å². The molecular weight excluding hydrogens is 441 g/mol. The van der Waals surface area contributed by atoms with Gasteiger partial charge in [-0.15, -0.1) is 0 Å². The molecule has 0 radical (unpaired) electrons. The maximum atomic E-state index is 6.04. The first-order chi connectivity index (χ1) is 12.8. The van der Waals surface area contributed by atoms with Crippen LogP contribution in [0.15, 0.2) is 43.8 Å². The second kappa shape index (κ2) is 9.09. The van der Waals surface area contributed by atoms with Crippen LogP contribution in [0.5, 0.6) is 11.5 Å². The van der Waals surface area contributed by atoms with Gasteiger partial charge in [-0.2, -0.15) is 0 Å². The summed E-state index contributed by atoms with van der Waals surface area (Å²) in [7, 11) is 10.9. The SMILES string of the molecule is CCc1ccc(OCCOc2ccc(CC)c3c2SSS3)c2c1SSS2. The Morgan fingerprint density at radius 3 is 1.46 bits per heavy atom. The van der Waals surface area contributed by atoms with E-state index >= 15 is 0 Å². The molecule has 4 rings (SSSR count). The summed E-state index contributed by atoms with van der Waals surface area (Å²) < 4.78 is 12.1. The zero-order chi connectivity index (χ0) is 17.9. The van der Waals surface area contributed by atoms with E-state index in [1.807, 2.05) is 41.2 Å². The molecule has 2 nitrogen and oxygen atoms in total. The number of hydrogen-bond donors (Lipinski definition) is 0. The second-order valence-corrected chi connectivity index (χ2v) is 13.5. The average molecular weight is 459 g/mol. The molecule has 0 atom stereocenters. The van der Waals surface area contributed by atoms with Crippen molar-refractivity contribution in [2.45, 2.75) is 46.3 Å². The van der Waals surface area contributed by atoms with Crippen molar-refractivity contribution in [3.8, 4) is 11.5 Å². The summed E-state index contributed by atoms with van der Waals surface area (Å²) in [5.74, 6) is 1.96. The lowest BCUT2D eigenvalue weighted by Crippen LogP contribution is -2.10. The molecule has 0 N–H and O–H groups in total. The third-order valence-electron chi connectivity index (χ3n) is 4.14. The minimum Gasteiger partial charge on any atom is -0.489 e. The van der Waals surface area contributed by atoms with Crippen LogP contribution in [0.2, 0.25) is 0 Å². The van der Waals surface area contributed by atoms with E-state index in [0.29, 0.717) is 13.2 Å². The van der Waals surface area contributed by atoms with E-state index in [2.05, 4.69) is 38.1 Å². The molecule has 0 fully saturated rings. The van der Waals surface area contributed by atoms with Gasteiger partial charge in [0.15, 0.2) is 0 Å². The molecule has 2 aromatic carbocycles. The molecule has 0 saturated heterocycles. The first-order valence-corrected chi connectivity index (χ1v) is 15.4. The van der Waals surface area contributed by atoms with Crippen molar-refractivity contribution in [2.75, 3.05) is 13.2 Å². The number of hydrogen-bond acceptors (Lipinski definition) is 8. The van der Waals surface area contributed by atoms with Crippen LogP contribution in [0.4, 0.5) is 0 Å². The van der Waals surface area contributed by atoms with Gasteiger partial charge in [0.25, 0.3) is 0 Å². The van der Waals surface area contributed by atoms with Gasteiger partial charge in [-0.25, -0.2) is 0 Å². The largest absolute Gasteiger partial charge is 0.489 e. The van der Waals surface area contributed by atoms with Gasteiger partial charge in [0, 0.05) is 9.79 Å². The number of ether oxygens (including phenoxy) is 2. The standard InChI is InChI=1S/C18H18O2S6/c1-3-11-5-7-13(17-15(11)21-25-23-17)19-9-10-20-14-8-6-12(4-2)16-18(14)24-26-22-16/h5-8H,3-4,9-10H2,1-2H3. The quantitative estimate of drug-likeness (QED) is 0.305. The molecule has 0 amide bonds. The van der Waals surface area contributed by atoms with Gasteiger partial charge in [0.1, 0.15) is 24.7 Å². The van der Waals surface area contributed by atoms with Crippen molar-refractivity contribution in [2.24, 2.45) is 0 Å². The Hall–Kier alpha value is 0.140. The van der Waals surface area contributed by atoms with Gasteiger partial charge in [-0.05, 0) is 98.9 Å². The molecular formula is C18H18O2S6. The zero-order valence-electron chi connectivity index (χ0n) is 14.4. The highest BCUT2D eigenvalue weighted by Crippen LogP contribution is 2.60. The summed E-state index contributed by atoms with van der Waals surface area (Å²) in [4.78, 5) is 5.30. The van der Waals surface area contributed by atoms with E-state index in [-0.39, 0.29) is 0 Å². The van der Waals surface area contributed by atoms with E-state index in [9.17, 15) is 0 Å². The van der Waals surface area contributed by atoms with Gasteiger partial charge >= 0.3 is 0 Å². The monoisotopic (exact) mass is 458 g/mol. The maximum absolute atomic E-state index is 6.04. The number of aryl methyl sites for hydroxylation is 2. The average Bonchev–Trinajstić information content (AvgIpc) is 3.34. The molecule has 2 aromatic rings. The lowest BCUT2D eigenvalue weighted by molar-refractivity contribution is 0.210. The molecule has 0 spiro atoms. The highest BCUT2D eigenvalue weighted by Gasteiger charge is 2.23. The molecule has 8 heteroatoms. The van der Waals surface area contributed by atoms with Crippen LogP contribution in [-0.2, 0) is 12.8 Å². The first-order valence-electron chi connectivity index (χ1n) is 8.41. The van der Waals surface area contributed by atoms with Crippen molar-refractivity contribution < 1.29 is 9.47 Å². The fraction of sp³-hybridized carbons (Fsp3) is 0.333. The molecule has 2 heterocycles. The van der Waals surface area contributed by atoms with Crippen LogP contribution in [0.1, 0.15) is 25.0 Å². The van der Waals surface area contributed by atoms with Crippen molar-refractivity contribution in [1.29, 1.82) is 0 Å². The zero-order valence-corrected chi connectivity index (χ0v) is 19.3. The second-order valence-electron chi connectivity index (χ2n) is 5.64. The minimum atomic E-state index is 0.559. The number of fused-ring (bicyclic) bond motifs is 2. The van der Waals surface area contributed by atoms with Crippen molar-refractivity contribution in [1.82, 2.24) is 0 Å². The van der Waals surface area contributed by atoms with Crippen LogP contribution in [0.25, 0.3) is 0 Å². The minimum absolute atomic E-state index is 0.559. The summed E-state index contributed by atoms with van der Waals surface area (Å²) >= 11 is 0. The lowest BCUT2D eigenvalue weighted by Gasteiger charge is -2.14. The smallest absolute Gasteiger partial charge is 0.135 e. The molecule has 138 valence electrons. The predicted molar refractivity (Wildman–Crippen MR) is 121 cm³/mol. The Balaban J connectivity index is 1.38. The summed E-state index contributed by atoms with van der Waals surface area (Å²) in [6.45, 7) is 5.52. The van der Waals surface area contributed by atoms with Gasteiger partial charge in [-0.3, -0.25) is 0 Å². The van der Waals surface area contributed by atoms with E-state index in [4.69, 9.17) is 9.47 Å². The Morgan fingerprint density at radius 2 is 1.04 bits per heavy atom. The van der Waals surface area contributed by atoms with Crippen molar-refractivity contribution >= 4 is 62.8 Å². The molecule has 2 aliphatic heterocycles. The Labute approximate surface area is 177 Å².